The van der Waals surface area contributed by atoms with Crippen molar-refractivity contribution in [2.75, 3.05) is 0 Å². The fraction of sp³-hybridized carbons (Fsp3) is 0.172. The van der Waals surface area contributed by atoms with E-state index in [9.17, 15) is 0 Å². The number of rotatable bonds is 2. The molecule has 0 aromatic heterocycles. The summed E-state index contributed by atoms with van der Waals surface area (Å²) in [6, 6.07) is 65.1. The predicted molar refractivity (Wildman–Crippen MR) is 271 cm³/mol. The van der Waals surface area contributed by atoms with Gasteiger partial charge in [0.15, 0.2) is 0 Å². The zero-order valence-electron chi connectivity index (χ0n) is 39.1. The third kappa shape index (κ3) is 16.5. The third-order valence-electron chi connectivity index (χ3n) is 10.9. The van der Waals surface area contributed by atoms with Crippen molar-refractivity contribution in [2.24, 2.45) is 0 Å². The van der Waals surface area contributed by atoms with Crippen LogP contribution in [0.4, 0.5) is 0 Å². The van der Waals surface area contributed by atoms with Crippen molar-refractivity contribution in [2.45, 2.75) is 68.5 Å². The Hall–Kier alpha value is -3.46. The molecule has 10 aromatic carbocycles. The van der Waals surface area contributed by atoms with Crippen molar-refractivity contribution in [1.82, 2.24) is 0 Å². The van der Waals surface area contributed by atoms with E-state index < -0.39 is 0 Å². The smallest absolute Gasteiger partial charge is 0.0488 e. The summed E-state index contributed by atoms with van der Waals surface area (Å²) >= 11 is 3.38. The number of aryl methyl sites for hydroxylation is 8. The maximum Gasteiger partial charge on any atom is -0.0488 e. The van der Waals surface area contributed by atoms with Gasteiger partial charge in [0.05, 0.1) is 0 Å². The number of fused-ring (bicyclic) bond motifs is 4. The van der Waals surface area contributed by atoms with Crippen LogP contribution in [-0.2, 0) is 46.7 Å². The molecule has 0 saturated carbocycles. The minimum atomic E-state index is -0.122. The minimum Gasteiger partial charge on any atom is -1.00 e. The molecule has 0 amide bonds. The summed E-state index contributed by atoms with van der Waals surface area (Å²) < 4.78 is 0. The Labute approximate surface area is 426 Å². The number of halogens is 2. The molecule has 0 heterocycles. The van der Waals surface area contributed by atoms with Crippen LogP contribution < -0.4 is 35.2 Å². The molecule has 10 rings (SSSR count). The summed E-state index contributed by atoms with van der Waals surface area (Å²) in [6.45, 7) is 21.9. The van der Waals surface area contributed by atoms with Crippen molar-refractivity contribution in [3.8, 4) is 0 Å². The second-order valence-electron chi connectivity index (χ2n) is 16.4. The van der Waals surface area contributed by atoms with Crippen LogP contribution in [0.1, 0.15) is 44.5 Å². The molecule has 0 aliphatic carbocycles. The van der Waals surface area contributed by atoms with Crippen molar-refractivity contribution < 1.29 is 71.5 Å². The summed E-state index contributed by atoms with van der Waals surface area (Å²) in [5.74, 6) is 0. The Kier molecular flexibility index (Phi) is 23.4. The second-order valence-corrected chi connectivity index (χ2v) is 31.1. The van der Waals surface area contributed by atoms with Crippen molar-refractivity contribution in [1.29, 1.82) is 0 Å². The van der Waals surface area contributed by atoms with Gasteiger partial charge in [-0.3, -0.25) is 0 Å². The molecule has 0 fully saturated rings. The van der Waals surface area contributed by atoms with Crippen LogP contribution in [0.15, 0.2) is 182 Å². The van der Waals surface area contributed by atoms with Gasteiger partial charge in [0.2, 0.25) is 0 Å². The molecule has 0 atom stereocenters. The molecule has 6 heteroatoms. The summed E-state index contributed by atoms with van der Waals surface area (Å²) in [4.78, 5) is 0. The quantitative estimate of drug-likeness (QED) is 0.120. The van der Waals surface area contributed by atoms with Gasteiger partial charge in [-0.05, 0) is 27.7 Å². The fourth-order valence-corrected chi connectivity index (χ4v) is 11.4. The molecule has 0 nitrogen and oxygen atoms in total. The van der Waals surface area contributed by atoms with Crippen LogP contribution in [0.2, 0.25) is 13.1 Å². The van der Waals surface area contributed by atoms with E-state index >= 15 is 0 Å². The van der Waals surface area contributed by atoms with E-state index in [1.165, 1.54) is 87.6 Å². The molecule has 324 valence electrons. The largest absolute Gasteiger partial charge is 1.00 e. The van der Waals surface area contributed by atoms with E-state index in [0.717, 1.165) is 0 Å². The standard InChI is InChI=1S/4C11H11.2C7H8Si.2ClH.2Zr/c4*1-8-6-10-5-3-4-9(2)11(10)7-8;2*1-8-7-5-3-2-4-6-7;;;;/h4*3-7H,1-2H3;2*2-6H,1H3;2*1H;;/q4*-1;;;;;2*+2/p-2. The Balaban J connectivity index is 0.000000203. The van der Waals surface area contributed by atoms with Gasteiger partial charge in [-0.25, -0.2) is 0 Å². The van der Waals surface area contributed by atoms with E-state index in [1.54, 1.807) is 57.0 Å². The fourth-order valence-electron chi connectivity index (χ4n) is 7.54. The molecular formula is C58H60Cl2Si2Zr2-2. The van der Waals surface area contributed by atoms with Crippen molar-refractivity contribution >= 4 is 64.3 Å². The number of benzene rings is 6. The van der Waals surface area contributed by atoms with Gasteiger partial charge in [-0.1, -0.05) is 74.2 Å². The van der Waals surface area contributed by atoms with Crippen molar-refractivity contribution in [3.63, 3.8) is 0 Å². The number of hydrogen-bond donors (Lipinski definition) is 0. The van der Waals surface area contributed by atoms with Crippen LogP contribution in [0.25, 0.3) is 43.1 Å². The van der Waals surface area contributed by atoms with Gasteiger partial charge in [0, 0.05) is 0 Å². The Morgan fingerprint density at radius 3 is 0.703 bits per heavy atom. The van der Waals surface area contributed by atoms with Gasteiger partial charge < -0.3 is 24.8 Å². The first-order valence-electron chi connectivity index (χ1n) is 21.4. The summed E-state index contributed by atoms with van der Waals surface area (Å²) in [6.07, 6.45) is 0. The zero-order valence-corrected chi connectivity index (χ0v) is 47.5. The molecule has 64 heavy (non-hydrogen) atoms. The van der Waals surface area contributed by atoms with E-state index in [1.807, 2.05) is 0 Å². The normalized spacial score (nSPS) is 9.97. The van der Waals surface area contributed by atoms with Gasteiger partial charge in [0.25, 0.3) is 0 Å². The first-order valence-corrected chi connectivity index (χ1v) is 32.8. The molecule has 0 aliphatic heterocycles. The Bertz CT molecular complexity index is 2640. The molecular weight excluding hydrogens is 1010 g/mol. The van der Waals surface area contributed by atoms with E-state index in [4.69, 9.17) is 0 Å². The predicted octanol–water partition coefficient (Wildman–Crippen LogP) is 8.83. The van der Waals surface area contributed by atoms with Gasteiger partial charge in [-0.15, -0.1) is 138 Å². The van der Waals surface area contributed by atoms with Gasteiger partial charge >= 0.3 is 142 Å². The Morgan fingerprint density at radius 1 is 0.312 bits per heavy atom. The van der Waals surface area contributed by atoms with Crippen molar-refractivity contribution in [3.05, 3.63) is 226 Å². The SMILES string of the molecule is C[Si](=[Zr+2])c1ccccc1.C[Si](=[Zr+2])c1ccccc1.Cc1cc2c(C)cccc2[cH-]1.Cc1cc2c(C)cccc2[cH-]1.Cc1cc2c(C)cccc2[cH-]1.Cc1cc2c(C)cccc2[cH-]1.[Cl-].[Cl-]. The Morgan fingerprint density at radius 2 is 0.531 bits per heavy atom. The summed E-state index contributed by atoms with van der Waals surface area (Å²) in [7, 11) is 0. The molecule has 0 aliphatic rings. The molecule has 0 N–H and O–H groups in total. The first-order chi connectivity index (χ1) is 29.7. The molecule has 0 spiro atoms. The van der Waals surface area contributed by atoms with Gasteiger partial charge in [0.1, 0.15) is 0 Å². The maximum absolute atomic E-state index is 2.35. The monoisotopic (exact) mass is 1060 g/mol. The van der Waals surface area contributed by atoms with E-state index in [0.29, 0.717) is 0 Å². The molecule has 0 unspecified atom stereocenters. The third-order valence-corrected chi connectivity index (χ3v) is 17.5. The molecule has 0 radical (unpaired) electrons. The minimum absolute atomic E-state index is 0. The second kappa shape index (κ2) is 27.2. The average molecular weight is 1070 g/mol. The summed E-state index contributed by atoms with van der Waals surface area (Å²) in [5, 5.41) is 14.1. The average Bonchev–Trinajstić information content (AvgIpc) is 4.05. The molecule has 0 saturated heterocycles. The maximum atomic E-state index is 2.35. The zero-order chi connectivity index (χ0) is 44.8. The van der Waals surface area contributed by atoms with Crippen LogP contribution in [-0.4, -0.2) is 10.9 Å². The van der Waals surface area contributed by atoms with Crippen LogP contribution >= 0.6 is 0 Å². The van der Waals surface area contributed by atoms with Gasteiger partial charge in [-0.2, -0.15) is 24.3 Å². The molecule has 10 aromatic rings. The van der Waals surface area contributed by atoms with E-state index in [-0.39, 0.29) is 35.7 Å². The van der Waals surface area contributed by atoms with Crippen LogP contribution in [0.3, 0.4) is 0 Å². The topological polar surface area (TPSA) is 0 Å². The van der Waals surface area contributed by atoms with Crippen LogP contribution in [0.5, 0.6) is 0 Å². The van der Waals surface area contributed by atoms with Crippen LogP contribution in [0, 0.1) is 55.4 Å². The first kappa shape index (κ1) is 54.9. The van der Waals surface area contributed by atoms with E-state index in [2.05, 4.69) is 250 Å². The number of hydrogen-bond acceptors (Lipinski definition) is 0. The summed E-state index contributed by atoms with van der Waals surface area (Å²) in [5.41, 5.74) is 10.7. The molecule has 0 bridgehead atoms.